The molecule has 2 bridgehead atoms. The van der Waals surface area contributed by atoms with Gasteiger partial charge in [0.05, 0.1) is 0 Å². The largest absolute Gasteiger partial charge is 0.381 e. The van der Waals surface area contributed by atoms with Crippen LogP contribution >= 0.6 is 0 Å². The predicted molar refractivity (Wildman–Crippen MR) is 81.0 cm³/mol. The minimum atomic E-state index is 0.374. The van der Waals surface area contributed by atoms with E-state index in [1.165, 1.54) is 24.9 Å². The van der Waals surface area contributed by atoms with Gasteiger partial charge in [0.1, 0.15) is 0 Å². The van der Waals surface area contributed by atoms with Crippen molar-refractivity contribution in [2.45, 2.75) is 46.1 Å². The van der Waals surface area contributed by atoms with Crippen LogP contribution in [0.5, 0.6) is 0 Å². The Morgan fingerprint density at radius 2 is 2.11 bits per heavy atom. The summed E-state index contributed by atoms with van der Waals surface area (Å²) < 4.78 is 0. The normalized spacial score (nSPS) is 35.1. The topological polar surface area (TPSA) is 12.0 Å². The summed E-state index contributed by atoms with van der Waals surface area (Å²) in [7, 11) is 0. The van der Waals surface area contributed by atoms with E-state index < -0.39 is 0 Å². The van der Waals surface area contributed by atoms with Crippen molar-refractivity contribution in [3.8, 4) is 12.3 Å². The molecule has 1 aromatic rings. The Hall–Kier alpha value is -1.42. The molecule has 1 aromatic carbocycles. The van der Waals surface area contributed by atoms with Gasteiger partial charge in [-0.3, -0.25) is 0 Å². The number of benzene rings is 1. The first-order valence-corrected chi connectivity index (χ1v) is 7.29. The Kier molecular flexibility index (Phi) is 2.68. The SMILES string of the molecule is C#Cc1cccc(NC2C(C)(C)[C@H]3CC[C@]2(C)C3)c1. The van der Waals surface area contributed by atoms with Crippen LogP contribution in [0.3, 0.4) is 0 Å². The number of hydrogen-bond donors (Lipinski definition) is 1. The summed E-state index contributed by atoms with van der Waals surface area (Å²) in [5.41, 5.74) is 2.94. The quantitative estimate of drug-likeness (QED) is 0.775. The Labute approximate surface area is 116 Å². The van der Waals surface area contributed by atoms with Crippen molar-refractivity contribution in [2.75, 3.05) is 5.32 Å². The maximum atomic E-state index is 5.49. The van der Waals surface area contributed by atoms with Gasteiger partial charge in [-0.25, -0.2) is 0 Å². The lowest BCUT2D eigenvalue weighted by Crippen LogP contribution is -2.45. The molecule has 0 heterocycles. The summed E-state index contributed by atoms with van der Waals surface area (Å²) in [6, 6.07) is 8.79. The van der Waals surface area contributed by atoms with E-state index in [2.05, 4.69) is 44.1 Å². The zero-order valence-corrected chi connectivity index (χ0v) is 12.2. The van der Waals surface area contributed by atoms with Crippen molar-refractivity contribution < 1.29 is 0 Å². The molecular formula is C18H23N. The lowest BCUT2D eigenvalue weighted by molar-refractivity contribution is 0.155. The molecule has 0 saturated heterocycles. The average molecular weight is 253 g/mol. The first-order valence-electron chi connectivity index (χ1n) is 7.29. The van der Waals surface area contributed by atoms with Crippen LogP contribution in [0.4, 0.5) is 5.69 Å². The molecule has 1 N–H and O–H groups in total. The van der Waals surface area contributed by atoms with Crippen LogP contribution in [-0.2, 0) is 0 Å². The van der Waals surface area contributed by atoms with E-state index in [4.69, 9.17) is 6.42 Å². The van der Waals surface area contributed by atoms with Gasteiger partial charge in [-0.05, 0) is 54.2 Å². The molecule has 0 aromatic heterocycles. The highest BCUT2D eigenvalue weighted by molar-refractivity contribution is 5.51. The van der Waals surface area contributed by atoms with Gasteiger partial charge in [-0.15, -0.1) is 6.42 Å². The van der Waals surface area contributed by atoms with Crippen LogP contribution in [0.25, 0.3) is 0 Å². The fourth-order valence-electron chi connectivity index (χ4n) is 4.53. The van der Waals surface area contributed by atoms with Gasteiger partial charge in [0, 0.05) is 17.3 Å². The van der Waals surface area contributed by atoms with Gasteiger partial charge >= 0.3 is 0 Å². The van der Waals surface area contributed by atoms with Crippen molar-refractivity contribution in [3.05, 3.63) is 29.8 Å². The maximum Gasteiger partial charge on any atom is 0.0368 e. The van der Waals surface area contributed by atoms with Crippen LogP contribution in [0, 0.1) is 29.1 Å². The fourth-order valence-corrected chi connectivity index (χ4v) is 4.53. The van der Waals surface area contributed by atoms with E-state index in [1.807, 2.05) is 12.1 Å². The highest BCUT2D eigenvalue weighted by Crippen LogP contribution is 2.63. The number of fused-ring (bicyclic) bond motifs is 2. The first-order chi connectivity index (χ1) is 8.95. The molecule has 2 saturated carbocycles. The Balaban J connectivity index is 1.88. The molecule has 3 atom stereocenters. The lowest BCUT2D eigenvalue weighted by Gasteiger charge is -2.43. The molecule has 2 aliphatic carbocycles. The molecule has 1 nitrogen and oxygen atoms in total. The van der Waals surface area contributed by atoms with Crippen LogP contribution in [0.1, 0.15) is 45.6 Å². The van der Waals surface area contributed by atoms with E-state index in [0.717, 1.165) is 11.5 Å². The van der Waals surface area contributed by atoms with Crippen LogP contribution in [-0.4, -0.2) is 6.04 Å². The lowest BCUT2D eigenvalue weighted by atomic mass is 9.68. The molecule has 0 amide bonds. The van der Waals surface area contributed by atoms with Crippen LogP contribution in [0.15, 0.2) is 24.3 Å². The van der Waals surface area contributed by atoms with Crippen LogP contribution < -0.4 is 5.32 Å². The first kappa shape index (κ1) is 12.6. The summed E-state index contributed by atoms with van der Waals surface area (Å²) >= 11 is 0. The van der Waals surface area contributed by atoms with E-state index in [-0.39, 0.29) is 0 Å². The van der Waals surface area contributed by atoms with Crippen molar-refractivity contribution in [1.82, 2.24) is 0 Å². The third-order valence-electron chi connectivity index (χ3n) is 5.61. The number of terminal acetylenes is 1. The summed E-state index contributed by atoms with van der Waals surface area (Å²) in [6.07, 6.45) is 9.61. The van der Waals surface area contributed by atoms with Gasteiger partial charge in [0.25, 0.3) is 0 Å². The van der Waals surface area contributed by atoms with E-state index >= 15 is 0 Å². The van der Waals surface area contributed by atoms with Crippen molar-refractivity contribution in [3.63, 3.8) is 0 Å². The van der Waals surface area contributed by atoms with Gasteiger partial charge in [0.2, 0.25) is 0 Å². The molecule has 0 spiro atoms. The van der Waals surface area contributed by atoms with Gasteiger partial charge in [0.15, 0.2) is 0 Å². The highest BCUT2D eigenvalue weighted by Gasteiger charge is 2.59. The minimum Gasteiger partial charge on any atom is -0.381 e. The number of rotatable bonds is 2. The Bertz CT molecular complexity index is 532. The van der Waals surface area contributed by atoms with E-state index in [9.17, 15) is 0 Å². The smallest absolute Gasteiger partial charge is 0.0368 e. The Morgan fingerprint density at radius 1 is 1.32 bits per heavy atom. The molecule has 2 aliphatic rings. The fraction of sp³-hybridized carbons (Fsp3) is 0.556. The van der Waals surface area contributed by atoms with Gasteiger partial charge in [-0.1, -0.05) is 32.8 Å². The second-order valence-corrected chi connectivity index (χ2v) is 7.22. The molecule has 1 heteroatoms. The van der Waals surface area contributed by atoms with Gasteiger partial charge < -0.3 is 5.32 Å². The zero-order valence-electron chi connectivity index (χ0n) is 12.2. The second-order valence-electron chi connectivity index (χ2n) is 7.22. The molecule has 3 rings (SSSR count). The highest BCUT2D eigenvalue weighted by atomic mass is 15.0. The molecular weight excluding hydrogens is 230 g/mol. The standard InChI is InChI=1S/C18H23N/c1-5-13-7-6-8-15(11-13)19-16-17(2,3)14-9-10-18(16,4)12-14/h1,6-8,11,14,16,19H,9-10,12H2,2-4H3/t14-,16?,18+/m0/s1. The van der Waals surface area contributed by atoms with E-state index in [0.29, 0.717) is 16.9 Å². The third kappa shape index (κ3) is 1.86. The van der Waals surface area contributed by atoms with E-state index in [1.54, 1.807) is 0 Å². The summed E-state index contributed by atoms with van der Waals surface area (Å²) in [4.78, 5) is 0. The number of hydrogen-bond acceptors (Lipinski definition) is 1. The molecule has 1 unspecified atom stereocenters. The summed E-state index contributed by atoms with van der Waals surface area (Å²) in [5.74, 6) is 3.58. The van der Waals surface area contributed by atoms with Crippen molar-refractivity contribution in [2.24, 2.45) is 16.7 Å². The minimum absolute atomic E-state index is 0.374. The average Bonchev–Trinajstić information content (AvgIpc) is 2.86. The number of nitrogens with one attached hydrogen (secondary N) is 1. The molecule has 100 valence electrons. The summed E-state index contributed by atoms with van der Waals surface area (Å²) in [6.45, 7) is 7.29. The summed E-state index contributed by atoms with van der Waals surface area (Å²) in [5, 5.41) is 3.78. The maximum absolute atomic E-state index is 5.49. The molecule has 19 heavy (non-hydrogen) atoms. The molecule has 0 radical (unpaired) electrons. The van der Waals surface area contributed by atoms with Crippen molar-refractivity contribution in [1.29, 1.82) is 0 Å². The third-order valence-corrected chi connectivity index (χ3v) is 5.61. The van der Waals surface area contributed by atoms with Crippen molar-refractivity contribution >= 4 is 5.69 Å². The number of anilines is 1. The van der Waals surface area contributed by atoms with Crippen LogP contribution in [0.2, 0.25) is 0 Å². The zero-order chi connectivity index (χ0) is 13.7. The van der Waals surface area contributed by atoms with Gasteiger partial charge in [-0.2, -0.15) is 0 Å². The Morgan fingerprint density at radius 3 is 2.74 bits per heavy atom. The molecule has 0 aliphatic heterocycles. The molecule has 2 fully saturated rings. The second kappa shape index (κ2) is 4.04. The monoisotopic (exact) mass is 253 g/mol. The predicted octanol–water partition coefficient (Wildman–Crippen LogP) is 4.29.